The van der Waals surface area contributed by atoms with E-state index in [9.17, 15) is 8.78 Å². The van der Waals surface area contributed by atoms with Crippen molar-refractivity contribution in [1.82, 2.24) is 0 Å². The number of nitrogens with two attached hydrogens (primary N) is 1. The van der Waals surface area contributed by atoms with Crippen molar-refractivity contribution in [2.45, 2.75) is 24.8 Å². The van der Waals surface area contributed by atoms with Gasteiger partial charge in [-0.1, -0.05) is 23.8 Å². The lowest BCUT2D eigenvalue weighted by Gasteiger charge is -2.15. The fourth-order valence-corrected chi connectivity index (χ4v) is 2.98. The molecule has 1 unspecified atom stereocenters. The quantitative estimate of drug-likeness (QED) is 0.847. The molecule has 2 rings (SSSR count). The second-order valence-electron chi connectivity index (χ2n) is 4.83. The maximum Gasteiger partial charge on any atom is 0.133 e. The summed E-state index contributed by atoms with van der Waals surface area (Å²) in [5.41, 5.74) is 7.49. The summed E-state index contributed by atoms with van der Waals surface area (Å²) in [5.74, 6) is -0.686. The van der Waals surface area contributed by atoms with Gasteiger partial charge in [0.15, 0.2) is 0 Å². The van der Waals surface area contributed by atoms with Crippen LogP contribution < -0.4 is 5.73 Å². The molecule has 4 heteroatoms. The van der Waals surface area contributed by atoms with Gasteiger partial charge in [0.25, 0.3) is 0 Å². The minimum atomic E-state index is -0.666. The predicted molar refractivity (Wildman–Crippen MR) is 79.9 cm³/mol. The smallest absolute Gasteiger partial charge is 0.133 e. The molecule has 0 saturated carbocycles. The molecule has 0 aliphatic heterocycles. The van der Waals surface area contributed by atoms with E-state index >= 15 is 0 Å². The summed E-state index contributed by atoms with van der Waals surface area (Å²) in [4.78, 5) is 1.05. The van der Waals surface area contributed by atoms with Gasteiger partial charge >= 0.3 is 0 Å². The normalized spacial score (nSPS) is 12.4. The zero-order valence-electron chi connectivity index (χ0n) is 11.5. The topological polar surface area (TPSA) is 26.0 Å². The van der Waals surface area contributed by atoms with Crippen LogP contribution in [0.2, 0.25) is 0 Å². The highest BCUT2D eigenvalue weighted by Crippen LogP contribution is 2.28. The van der Waals surface area contributed by atoms with Gasteiger partial charge in [-0.2, -0.15) is 0 Å². The molecule has 0 fully saturated rings. The van der Waals surface area contributed by atoms with Crippen LogP contribution in [0.15, 0.2) is 41.3 Å². The minimum Gasteiger partial charge on any atom is -0.323 e. The molecule has 2 N–H and O–H groups in total. The zero-order valence-corrected chi connectivity index (χ0v) is 12.3. The largest absolute Gasteiger partial charge is 0.323 e. The number of benzene rings is 2. The van der Waals surface area contributed by atoms with E-state index in [1.54, 1.807) is 6.92 Å². The number of aryl methyl sites for hydroxylation is 2. The summed E-state index contributed by atoms with van der Waals surface area (Å²) in [6.45, 7) is 3.61. The summed E-state index contributed by atoms with van der Waals surface area (Å²) < 4.78 is 27.7. The fourth-order valence-electron chi connectivity index (χ4n) is 1.99. The first-order chi connectivity index (χ1) is 9.49. The molecule has 0 aliphatic rings. The molecule has 0 saturated heterocycles. The first kappa shape index (κ1) is 15.0. The van der Waals surface area contributed by atoms with Crippen LogP contribution in [0.25, 0.3) is 0 Å². The molecular weight excluding hydrogens is 276 g/mol. The highest BCUT2D eigenvalue weighted by Gasteiger charge is 2.18. The predicted octanol–water partition coefficient (Wildman–Crippen LogP) is 4.37. The van der Waals surface area contributed by atoms with Crippen LogP contribution in [-0.4, -0.2) is 5.75 Å². The van der Waals surface area contributed by atoms with Crippen molar-refractivity contribution in [2.75, 3.05) is 5.75 Å². The van der Waals surface area contributed by atoms with Crippen LogP contribution >= 0.6 is 11.8 Å². The maximum absolute atomic E-state index is 14.0. The number of hydrogen-bond donors (Lipinski definition) is 1. The Labute approximate surface area is 122 Å². The van der Waals surface area contributed by atoms with Gasteiger partial charge in [-0.05, 0) is 37.6 Å². The molecule has 1 atom stereocenters. The first-order valence-electron chi connectivity index (χ1n) is 6.38. The number of halogens is 2. The molecule has 1 nitrogen and oxygen atoms in total. The molecule has 2 aromatic carbocycles. The number of thioether (sulfide) groups is 1. The summed E-state index contributed by atoms with van der Waals surface area (Å²) in [5, 5.41) is 0. The van der Waals surface area contributed by atoms with Gasteiger partial charge in [0.05, 0.1) is 0 Å². The van der Waals surface area contributed by atoms with Crippen molar-refractivity contribution >= 4 is 11.8 Å². The molecule has 0 aliphatic carbocycles. The lowest BCUT2D eigenvalue weighted by Crippen LogP contribution is -2.17. The minimum absolute atomic E-state index is 0.0230. The van der Waals surface area contributed by atoms with Crippen LogP contribution in [-0.2, 0) is 0 Å². The van der Waals surface area contributed by atoms with Crippen molar-refractivity contribution in [2.24, 2.45) is 5.73 Å². The number of rotatable bonds is 4. The van der Waals surface area contributed by atoms with Crippen molar-refractivity contribution in [3.05, 3.63) is 64.7 Å². The fraction of sp³-hybridized carbons (Fsp3) is 0.250. The Hall–Kier alpha value is -1.39. The molecule has 0 aromatic heterocycles. The molecule has 0 radical (unpaired) electrons. The van der Waals surface area contributed by atoms with Gasteiger partial charge in [0.1, 0.15) is 11.6 Å². The molecule has 0 heterocycles. The maximum atomic E-state index is 14.0. The third kappa shape index (κ3) is 3.38. The van der Waals surface area contributed by atoms with Gasteiger partial charge in [-0.15, -0.1) is 11.8 Å². The zero-order chi connectivity index (χ0) is 14.7. The van der Waals surface area contributed by atoms with Gasteiger partial charge < -0.3 is 5.73 Å². The molecule has 20 heavy (non-hydrogen) atoms. The Morgan fingerprint density at radius 1 is 1.15 bits per heavy atom. The molecule has 2 aromatic rings. The van der Waals surface area contributed by atoms with Crippen LogP contribution in [0.3, 0.4) is 0 Å². The van der Waals surface area contributed by atoms with E-state index in [1.807, 2.05) is 31.2 Å². The Balaban J connectivity index is 2.13. The van der Waals surface area contributed by atoms with Crippen molar-refractivity contribution in [3.63, 3.8) is 0 Å². The van der Waals surface area contributed by atoms with Crippen LogP contribution in [0, 0.1) is 25.5 Å². The van der Waals surface area contributed by atoms with Crippen LogP contribution in [0.4, 0.5) is 8.78 Å². The Morgan fingerprint density at radius 2 is 1.90 bits per heavy atom. The molecule has 0 amide bonds. The summed E-state index contributed by atoms with van der Waals surface area (Å²) in [6.07, 6.45) is 0. The Kier molecular flexibility index (Phi) is 4.78. The summed E-state index contributed by atoms with van der Waals surface area (Å²) >= 11 is 1.50. The SMILES string of the molecule is Cc1cccc(SCC(N)c2c(F)ccc(C)c2F)c1. The molecule has 106 valence electrons. The second-order valence-corrected chi connectivity index (χ2v) is 5.92. The molecule has 0 bridgehead atoms. The molecular formula is C16H17F2NS. The van der Waals surface area contributed by atoms with Gasteiger partial charge in [0, 0.05) is 22.3 Å². The first-order valence-corrected chi connectivity index (χ1v) is 7.37. The van der Waals surface area contributed by atoms with E-state index in [-0.39, 0.29) is 5.56 Å². The standard InChI is InChI=1S/C16H17F2NS/c1-10-4-3-5-12(8-10)20-9-14(19)15-13(17)7-6-11(2)16(15)18/h3-8,14H,9,19H2,1-2H3. The van der Waals surface area contributed by atoms with E-state index in [4.69, 9.17) is 5.73 Å². The summed E-state index contributed by atoms with van der Waals surface area (Å²) in [7, 11) is 0. The van der Waals surface area contributed by atoms with Crippen LogP contribution in [0.1, 0.15) is 22.7 Å². The van der Waals surface area contributed by atoms with E-state index in [1.165, 1.54) is 23.9 Å². The highest BCUT2D eigenvalue weighted by atomic mass is 32.2. The van der Waals surface area contributed by atoms with Crippen molar-refractivity contribution < 1.29 is 8.78 Å². The van der Waals surface area contributed by atoms with Crippen molar-refractivity contribution in [1.29, 1.82) is 0 Å². The number of hydrogen-bond acceptors (Lipinski definition) is 2. The second kappa shape index (κ2) is 6.37. The Morgan fingerprint density at radius 3 is 2.60 bits per heavy atom. The van der Waals surface area contributed by atoms with E-state index < -0.39 is 17.7 Å². The monoisotopic (exact) mass is 293 g/mol. The van der Waals surface area contributed by atoms with Gasteiger partial charge in [-0.25, -0.2) is 8.78 Å². The van der Waals surface area contributed by atoms with Crippen molar-refractivity contribution in [3.8, 4) is 0 Å². The summed E-state index contributed by atoms with van der Waals surface area (Å²) in [6, 6.07) is 9.98. The van der Waals surface area contributed by atoms with Gasteiger partial charge in [0.2, 0.25) is 0 Å². The van der Waals surface area contributed by atoms with E-state index in [0.717, 1.165) is 10.5 Å². The van der Waals surface area contributed by atoms with Gasteiger partial charge in [-0.3, -0.25) is 0 Å². The molecule has 0 spiro atoms. The van der Waals surface area contributed by atoms with Crippen LogP contribution in [0.5, 0.6) is 0 Å². The third-order valence-electron chi connectivity index (χ3n) is 3.11. The average molecular weight is 293 g/mol. The van der Waals surface area contributed by atoms with E-state index in [0.29, 0.717) is 11.3 Å². The van der Waals surface area contributed by atoms with E-state index in [2.05, 4.69) is 0 Å². The highest BCUT2D eigenvalue weighted by molar-refractivity contribution is 7.99. The Bertz CT molecular complexity index is 613. The third-order valence-corrected chi connectivity index (χ3v) is 4.22. The lowest BCUT2D eigenvalue weighted by atomic mass is 10.0. The lowest BCUT2D eigenvalue weighted by molar-refractivity contribution is 0.533. The average Bonchev–Trinajstić information content (AvgIpc) is 2.41.